The molecule has 3 rings (SSSR count). The van der Waals surface area contributed by atoms with E-state index >= 15 is 0 Å². The van der Waals surface area contributed by atoms with Crippen LogP contribution in [0.25, 0.3) is 10.4 Å². The number of aromatic carboxylic acids is 1. The van der Waals surface area contributed by atoms with Crippen molar-refractivity contribution in [3.8, 4) is 22.3 Å². The van der Waals surface area contributed by atoms with Gasteiger partial charge >= 0.3 is 5.97 Å². The predicted octanol–water partition coefficient (Wildman–Crippen LogP) is 4.62. The third-order valence-corrected chi connectivity index (χ3v) is 7.11. The van der Waals surface area contributed by atoms with Crippen LogP contribution < -0.4 is 4.74 Å². The number of nitriles is 1. The topological polar surface area (TPSA) is 104 Å². The Morgan fingerprint density at radius 2 is 1.97 bits per heavy atom. The van der Waals surface area contributed by atoms with Gasteiger partial charge in [0.15, 0.2) is 9.84 Å². The van der Waals surface area contributed by atoms with Gasteiger partial charge in [-0.1, -0.05) is 17.7 Å². The molecule has 0 saturated heterocycles. The van der Waals surface area contributed by atoms with Crippen LogP contribution in [-0.2, 0) is 15.6 Å². The first-order valence-electron chi connectivity index (χ1n) is 8.18. The Kier molecular flexibility index (Phi) is 5.94. The number of carbonyl (C=O) groups is 1. The molecule has 0 atom stereocenters. The average Bonchev–Trinajstić information content (AvgIpc) is 3.13. The molecule has 0 radical (unpaired) electrons. The number of ether oxygens (including phenoxy) is 1. The maximum atomic E-state index is 13.2. The standard InChI is InChI=1S/C20H14ClNO5S2/c1-27-16-5-3-13(20(23)24)9-18(16)29(25,26)11-14-8-12(10-22)2-4-15(14)17-6-7-19(21)28-17/h2-9H,11H2,1H3,(H,23,24). The number of thiophene rings is 1. The molecule has 0 unspecified atom stereocenters. The van der Waals surface area contributed by atoms with Crippen molar-refractivity contribution in [2.75, 3.05) is 7.11 Å². The average molecular weight is 448 g/mol. The van der Waals surface area contributed by atoms with Gasteiger partial charge in [0.25, 0.3) is 0 Å². The SMILES string of the molecule is COc1ccc(C(=O)O)cc1S(=O)(=O)Cc1cc(C#N)ccc1-c1ccc(Cl)s1. The van der Waals surface area contributed by atoms with Crippen LogP contribution in [0.5, 0.6) is 5.75 Å². The Balaban J connectivity index is 2.13. The van der Waals surface area contributed by atoms with Crippen molar-refractivity contribution in [1.29, 1.82) is 5.26 Å². The predicted molar refractivity (Wildman–Crippen MR) is 110 cm³/mol. The van der Waals surface area contributed by atoms with Gasteiger partial charge in [0.2, 0.25) is 0 Å². The number of rotatable bonds is 6. The molecule has 0 aliphatic rings. The lowest BCUT2D eigenvalue weighted by Gasteiger charge is -2.13. The molecule has 1 N–H and O–H groups in total. The van der Waals surface area contributed by atoms with E-state index in [0.717, 1.165) is 10.9 Å². The largest absolute Gasteiger partial charge is 0.495 e. The van der Waals surface area contributed by atoms with Crippen LogP contribution in [0.2, 0.25) is 4.34 Å². The molecule has 6 nitrogen and oxygen atoms in total. The first-order valence-corrected chi connectivity index (χ1v) is 11.0. The molecule has 0 aliphatic heterocycles. The Bertz CT molecular complexity index is 1240. The van der Waals surface area contributed by atoms with E-state index in [1.54, 1.807) is 24.3 Å². The van der Waals surface area contributed by atoms with Crippen molar-refractivity contribution in [1.82, 2.24) is 0 Å². The van der Waals surface area contributed by atoms with Crippen molar-refractivity contribution in [2.24, 2.45) is 0 Å². The summed E-state index contributed by atoms with van der Waals surface area (Å²) >= 11 is 7.30. The van der Waals surface area contributed by atoms with Crippen LogP contribution in [0.1, 0.15) is 21.5 Å². The molecule has 148 valence electrons. The van der Waals surface area contributed by atoms with Crippen LogP contribution in [0.3, 0.4) is 0 Å². The quantitative estimate of drug-likeness (QED) is 0.591. The van der Waals surface area contributed by atoms with Crippen LogP contribution in [-0.4, -0.2) is 26.6 Å². The molecule has 3 aromatic rings. The summed E-state index contributed by atoms with van der Waals surface area (Å²) in [4.78, 5) is 11.8. The van der Waals surface area contributed by atoms with Gasteiger partial charge in [-0.2, -0.15) is 5.26 Å². The second-order valence-electron chi connectivity index (χ2n) is 6.02. The maximum absolute atomic E-state index is 13.2. The Morgan fingerprint density at radius 1 is 1.21 bits per heavy atom. The van der Waals surface area contributed by atoms with Gasteiger partial charge < -0.3 is 9.84 Å². The summed E-state index contributed by atoms with van der Waals surface area (Å²) in [5.41, 5.74) is 1.19. The summed E-state index contributed by atoms with van der Waals surface area (Å²) in [5, 5.41) is 18.4. The zero-order chi connectivity index (χ0) is 21.2. The number of hydrogen-bond acceptors (Lipinski definition) is 6. The van der Waals surface area contributed by atoms with E-state index in [1.165, 1.54) is 36.6 Å². The number of sulfone groups is 1. The normalized spacial score (nSPS) is 11.1. The zero-order valence-electron chi connectivity index (χ0n) is 15.0. The van der Waals surface area contributed by atoms with Gasteiger partial charge in [-0.05, 0) is 53.6 Å². The minimum absolute atomic E-state index is 0.0483. The zero-order valence-corrected chi connectivity index (χ0v) is 17.4. The summed E-state index contributed by atoms with van der Waals surface area (Å²) in [6.07, 6.45) is 0. The Labute approximate surface area is 176 Å². The molecule has 0 amide bonds. The van der Waals surface area contributed by atoms with Crippen LogP contribution >= 0.6 is 22.9 Å². The molecule has 0 aliphatic carbocycles. The van der Waals surface area contributed by atoms with Gasteiger partial charge in [0.1, 0.15) is 10.6 Å². The number of methoxy groups -OCH3 is 1. The highest BCUT2D eigenvalue weighted by atomic mass is 35.5. The minimum Gasteiger partial charge on any atom is -0.495 e. The molecule has 0 spiro atoms. The van der Waals surface area contributed by atoms with Gasteiger partial charge in [0, 0.05) is 4.88 Å². The molecule has 29 heavy (non-hydrogen) atoms. The van der Waals surface area contributed by atoms with Gasteiger partial charge in [-0.25, -0.2) is 13.2 Å². The second-order valence-corrected chi connectivity index (χ2v) is 9.69. The summed E-state index contributed by atoms with van der Waals surface area (Å²) in [6, 6.07) is 13.9. The van der Waals surface area contributed by atoms with Crippen LogP contribution in [0.4, 0.5) is 0 Å². The van der Waals surface area contributed by atoms with E-state index in [1.807, 2.05) is 6.07 Å². The summed E-state index contributed by atoms with van der Waals surface area (Å²) in [5.74, 6) is -1.64. The number of carboxylic acids is 1. The van der Waals surface area contributed by atoms with E-state index in [-0.39, 0.29) is 16.2 Å². The van der Waals surface area contributed by atoms with Crippen molar-refractivity contribution in [3.63, 3.8) is 0 Å². The highest BCUT2D eigenvalue weighted by Gasteiger charge is 2.24. The molecular weight excluding hydrogens is 434 g/mol. The maximum Gasteiger partial charge on any atom is 0.335 e. The smallest absolute Gasteiger partial charge is 0.335 e. The van der Waals surface area contributed by atoms with Crippen molar-refractivity contribution < 1.29 is 23.1 Å². The van der Waals surface area contributed by atoms with Crippen LogP contribution in [0.15, 0.2) is 53.4 Å². The van der Waals surface area contributed by atoms with E-state index < -0.39 is 21.6 Å². The fraction of sp³-hybridized carbons (Fsp3) is 0.100. The molecule has 0 bridgehead atoms. The highest BCUT2D eigenvalue weighted by molar-refractivity contribution is 7.90. The third kappa shape index (κ3) is 4.43. The Hall–Kier alpha value is -2.86. The lowest BCUT2D eigenvalue weighted by molar-refractivity contribution is 0.0696. The van der Waals surface area contributed by atoms with Crippen molar-refractivity contribution in [3.05, 3.63) is 69.6 Å². The lowest BCUT2D eigenvalue weighted by atomic mass is 10.0. The number of carboxylic acid groups (broad SMARTS) is 1. The van der Waals surface area contributed by atoms with E-state index in [9.17, 15) is 23.6 Å². The first-order chi connectivity index (χ1) is 13.7. The number of halogens is 1. The fourth-order valence-corrected chi connectivity index (χ4v) is 5.49. The molecule has 2 aromatic carbocycles. The van der Waals surface area contributed by atoms with Crippen LogP contribution in [0, 0.1) is 11.3 Å². The van der Waals surface area contributed by atoms with Gasteiger partial charge in [0.05, 0.1) is 34.4 Å². The number of benzene rings is 2. The monoisotopic (exact) mass is 447 g/mol. The first kappa shape index (κ1) is 20.9. The summed E-state index contributed by atoms with van der Waals surface area (Å²) in [7, 11) is -2.68. The summed E-state index contributed by atoms with van der Waals surface area (Å²) < 4.78 is 32.0. The number of nitrogens with zero attached hydrogens (tertiary/aromatic N) is 1. The Morgan fingerprint density at radius 3 is 2.55 bits per heavy atom. The number of hydrogen-bond donors (Lipinski definition) is 1. The van der Waals surface area contributed by atoms with Gasteiger partial charge in [-0.15, -0.1) is 11.3 Å². The summed E-state index contributed by atoms with van der Waals surface area (Å²) in [6.45, 7) is 0. The molecule has 0 saturated carbocycles. The molecule has 9 heteroatoms. The molecule has 1 heterocycles. The fourth-order valence-electron chi connectivity index (χ4n) is 2.82. The van der Waals surface area contributed by atoms with E-state index in [0.29, 0.717) is 21.0 Å². The highest BCUT2D eigenvalue weighted by Crippen LogP contribution is 2.36. The van der Waals surface area contributed by atoms with Gasteiger partial charge in [-0.3, -0.25) is 0 Å². The third-order valence-electron chi connectivity index (χ3n) is 4.16. The second kappa shape index (κ2) is 8.25. The lowest BCUT2D eigenvalue weighted by Crippen LogP contribution is -2.10. The minimum atomic E-state index is -3.99. The molecule has 0 fully saturated rings. The van der Waals surface area contributed by atoms with Crippen molar-refractivity contribution >= 4 is 38.7 Å². The van der Waals surface area contributed by atoms with E-state index in [2.05, 4.69) is 0 Å². The van der Waals surface area contributed by atoms with Crippen molar-refractivity contribution in [2.45, 2.75) is 10.6 Å². The van der Waals surface area contributed by atoms with E-state index in [4.69, 9.17) is 16.3 Å². The molecular formula is C20H14ClNO5S2. The molecule has 1 aromatic heterocycles.